The van der Waals surface area contributed by atoms with Gasteiger partial charge in [-0.25, -0.2) is 0 Å². The normalized spacial score (nSPS) is 17.6. The zero-order valence-electron chi connectivity index (χ0n) is 10.5. The van der Waals surface area contributed by atoms with E-state index in [2.05, 4.69) is 4.40 Å². The fourth-order valence-corrected chi connectivity index (χ4v) is 5.70. The third-order valence-electron chi connectivity index (χ3n) is 2.57. The lowest BCUT2D eigenvalue weighted by atomic mass is 10.5. The first-order valence-electron chi connectivity index (χ1n) is 5.60. The second-order valence-corrected chi connectivity index (χ2v) is 8.47. The summed E-state index contributed by atoms with van der Waals surface area (Å²) in [6, 6.07) is 1.32. The number of hydrogen-bond donors (Lipinski definition) is 0. The monoisotopic (exact) mass is 374 g/mol. The first kappa shape index (κ1) is 16.4. The summed E-state index contributed by atoms with van der Waals surface area (Å²) in [6.45, 7) is 2.36. The highest BCUT2D eigenvalue weighted by atomic mass is 35.5. The molecule has 1 saturated heterocycles. The third-order valence-corrected chi connectivity index (χ3v) is 6.42. The standard InChI is InChI=1S/C10H12Cl2N2O3S3/c1-18-10(14-2-4-17-5-3-14)13-20(15,16)7-6-8(11)19-9(7)12/h6H,2-5H2,1H3/b13-10-. The molecular formula is C10H12Cl2N2O3S3. The van der Waals surface area contributed by atoms with Gasteiger partial charge in [-0.2, -0.15) is 8.42 Å². The van der Waals surface area contributed by atoms with Crippen LogP contribution < -0.4 is 0 Å². The molecule has 2 heterocycles. The molecule has 10 heteroatoms. The molecule has 112 valence electrons. The van der Waals surface area contributed by atoms with Gasteiger partial charge in [0.1, 0.15) is 9.23 Å². The van der Waals surface area contributed by atoms with Gasteiger partial charge in [-0.05, 0) is 12.3 Å². The van der Waals surface area contributed by atoms with Gasteiger partial charge in [0.15, 0.2) is 5.17 Å². The lowest BCUT2D eigenvalue weighted by Crippen LogP contribution is -2.39. The molecule has 1 aromatic heterocycles. The van der Waals surface area contributed by atoms with E-state index in [1.54, 1.807) is 6.26 Å². The van der Waals surface area contributed by atoms with Crippen LogP contribution in [0.1, 0.15) is 0 Å². The average molecular weight is 375 g/mol. The van der Waals surface area contributed by atoms with E-state index in [9.17, 15) is 8.42 Å². The van der Waals surface area contributed by atoms with E-state index >= 15 is 0 Å². The van der Waals surface area contributed by atoms with Crippen molar-refractivity contribution in [2.45, 2.75) is 4.90 Å². The van der Waals surface area contributed by atoms with Crippen LogP contribution in [0.25, 0.3) is 0 Å². The molecule has 0 spiro atoms. The number of thiophene rings is 1. The predicted molar refractivity (Wildman–Crippen MR) is 84.9 cm³/mol. The van der Waals surface area contributed by atoms with Crippen molar-refractivity contribution in [3.05, 3.63) is 14.7 Å². The molecule has 0 bridgehead atoms. The van der Waals surface area contributed by atoms with E-state index in [1.165, 1.54) is 17.8 Å². The maximum absolute atomic E-state index is 12.3. The lowest BCUT2D eigenvalue weighted by Gasteiger charge is -2.28. The molecule has 1 aromatic rings. The Morgan fingerprint density at radius 1 is 1.45 bits per heavy atom. The highest BCUT2D eigenvalue weighted by Gasteiger charge is 2.23. The Labute approximate surface area is 136 Å². The number of amidine groups is 1. The number of nitrogens with zero attached hydrogens (tertiary/aromatic N) is 2. The van der Waals surface area contributed by atoms with E-state index in [-0.39, 0.29) is 9.23 Å². The van der Waals surface area contributed by atoms with Crippen molar-refractivity contribution in [3.8, 4) is 0 Å². The van der Waals surface area contributed by atoms with Crippen molar-refractivity contribution < 1.29 is 13.2 Å². The molecule has 0 aromatic carbocycles. The average Bonchev–Trinajstić information content (AvgIpc) is 2.77. The van der Waals surface area contributed by atoms with E-state index in [0.717, 1.165) is 11.3 Å². The Hall–Kier alpha value is 0.01000. The molecule has 0 aliphatic carbocycles. The molecule has 0 saturated carbocycles. The topological polar surface area (TPSA) is 59.0 Å². The number of hydrogen-bond acceptors (Lipinski definition) is 5. The first-order valence-corrected chi connectivity index (χ1v) is 9.84. The van der Waals surface area contributed by atoms with Gasteiger partial charge in [-0.15, -0.1) is 15.7 Å². The van der Waals surface area contributed by atoms with Crippen molar-refractivity contribution in [1.29, 1.82) is 0 Å². The van der Waals surface area contributed by atoms with E-state index in [4.69, 9.17) is 27.9 Å². The van der Waals surface area contributed by atoms with E-state index in [0.29, 0.717) is 35.8 Å². The number of morpholine rings is 1. The van der Waals surface area contributed by atoms with Crippen molar-refractivity contribution in [2.24, 2.45) is 4.40 Å². The van der Waals surface area contributed by atoms with Crippen LogP contribution in [0.2, 0.25) is 8.67 Å². The van der Waals surface area contributed by atoms with E-state index < -0.39 is 10.0 Å². The largest absolute Gasteiger partial charge is 0.378 e. The number of halogens is 2. The zero-order valence-corrected chi connectivity index (χ0v) is 14.5. The molecule has 2 rings (SSSR count). The summed E-state index contributed by atoms with van der Waals surface area (Å²) in [5.74, 6) is 0. The summed E-state index contributed by atoms with van der Waals surface area (Å²) in [6.07, 6.45) is 1.78. The molecule has 1 aliphatic rings. The summed E-state index contributed by atoms with van der Waals surface area (Å²) in [7, 11) is -3.85. The molecule has 0 radical (unpaired) electrons. The minimum absolute atomic E-state index is 0.0472. The molecule has 5 nitrogen and oxygen atoms in total. The number of ether oxygens (including phenoxy) is 1. The summed E-state index contributed by atoms with van der Waals surface area (Å²) in [4.78, 5) is 1.84. The Morgan fingerprint density at radius 3 is 2.60 bits per heavy atom. The Balaban J connectivity index is 2.32. The number of sulfonamides is 1. The highest BCUT2D eigenvalue weighted by molar-refractivity contribution is 8.13. The summed E-state index contributed by atoms with van der Waals surface area (Å²) >= 11 is 14.0. The van der Waals surface area contributed by atoms with Crippen LogP contribution >= 0.6 is 46.3 Å². The first-order chi connectivity index (χ1) is 9.44. The SMILES string of the molecule is CS/C(=N\S(=O)(=O)c1cc(Cl)sc1Cl)N1CCOCC1. The van der Waals surface area contributed by atoms with E-state index in [1.807, 2.05) is 4.90 Å². The molecule has 1 aliphatic heterocycles. The number of thioether (sulfide) groups is 1. The maximum atomic E-state index is 12.3. The van der Waals surface area contributed by atoms with Gasteiger partial charge in [0.2, 0.25) is 0 Å². The van der Waals surface area contributed by atoms with Crippen LogP contribution in [0.15, 0.2) is 15.4 Å². The fourth-order valence-electron chi connectivity index (χ4n) is 1.63. The molecule has 0 N–H and O–H groups in total. The minimum Gasteiger partial charge on any atom is -0.378 e. The van der Waals surface area contributed by atoms with Gasteiger partial charge in [0, 0.05) is 13.1 Å². The van der Waals surface area contributed by atoms with Gasteiger partial charge in [0.05, 0.1) is 17.6 Å². The van der Waals surface area contributed by atoms with Crippen molar-refractivity contribution in [1.82, 2.24) is 4.90 Å². The quantitative estimate of drug-likeness (QED) is 0.588. The summed E-state index contributed by atoms with van der Waals surface area (Å²) < 4.78 is 34.1. The minimum atomic E-state index is -3.85. The van der Waals surface area contributed by atoms with Gasteiger partial charge in [-0.3, -0.25) is 0 Å². The van der Waals surface area contributed by atoms with Crippen LogP contribution in [0.3, 0.4) is 0 Å². The molecule has 0 atom stereocenters. The van der Waals surface area contributed by atoms with Crippen LogP contribution in [0.5, 0.6) is 0 Å². The molecule has 0 amide bonds. The second kappa shape index (κ2) is 6.85. The molecule has 0 unspecified atom stereocenters. The van der Waals surface area contributed by atoms with Gasteiger partial charge in [0.25, 0.3) is 10.0 Å². The molecule has 20 heavy (non-hydrogen) atoms. The number of rotatable bonds is 2. The lowest BCUT2D eigenvalue weighted by molar-refractivity contribution is 0.0694. The van der Waals surface area contributed by atoms with Crippen molar-refractivity contribution in [2.75, 3.05) is 32.6 Å². The van der Waals surface area contributed by atoms with Crippen LogP contribution in [-0.2, 0) is 14.8 Å². The van der Waals surface area contributed by atoms with Gasteiger partial charge in [-0.1, -0.05) is 35.0 Å². The van der Waals surface area contributed by atoms with Crippen molar-refractivity contribution >= 4 is 61.5 Å². The second-order valence-electron chi connectivity index (χ2n) is 3.84. The summed E-state index contributed by atoms with van der Waals surface area (Å²) in [5, 5.41) is 0.437. The van der Waals surface area contributed by atoms with Crippen LogP contribution in [-0.4, -0.2) is 51.0 Å². The fraction of sp³-hybridized carbons (Fsp3) is 0.500. The van der Waals surface area contributed by atoms with Crippen LogP contribution in [0.4, 0.5) is 0 Å². The molecule has 1 fully saturated rings. The predicted octanol–water partition coefficient (Wildman–Crippen LogP) is 2.79. The van der Waals surface area contributed by atoms with Gasteiger partial charge < -0.3 is 9.64 Å². The van der Waals surface area contributed by atoms with Crippen LogP contribution in [0, 0.1) is 0 Å². The maximum Gasteiger partial charge on any atom is 0.287 e. The highest BCUT2D eigenvalue weighted by Crippen LogP contribution is 2.35. The summed E-state index contributed by atoms with van der Waals surface area (Å²) in [5.41, 5.74) is 0. The Morgan fingerprint density at radius 2 is 2.10 bits per heavy atom. The Bertz CT molecular complexity index is 609. The van der Waals surface area contributed by atoms with Gasteiger partial charge >= 0.3 is 0 Å². The van der Waals surface area contributed by atoms with Crippen molar-refractivity contribution in [3.63, 3.8) is 0 Å². The smallest absolute Gasteiger partial charge is 0.287 e. The molecular weight excluding hydrogens is 363 g/mol. The Kier molecular flexibility index (Phi) is 5.61. The zero-order chi connectivity index (χ0) is 14.8. The third kappa shape index (κ3) is 3.80.